The van der Waals surface area contributed by atoms with E-state index < -0.39 is 17.7 Å². The molecule has 116 valence electrons. The van der Waals surface area contributed by atoms with Crippen molar-refractivity contribution in [2.24, 2.45) is 0 Å². The third-order valence-corrected chi connectivity index (χ3v) is 2.74. The maximum absolute atomic E-state index is 12.6. The number of aromatic nitrogens is 1. The van der Waals surface area contributed by atoms with Crippen LogP contribution in [-0.4, -0.2) is 17.6 Å². The van der Waals surface area contributed by atoms with E-state index >= 15 is 0 Å². The molecular formula is C15H13F3N2O2. The third kappa shape index (κ3) is 3.97. The van der Waals surface area contributed by atoms with Crippen LogP contribution in [-0.2, 0) is 10.9 Å². The zero-order chi connectivity index (χ0) is 16.2. The van der Waals surface area contributed by atoms with Gasteiger partial charge in [0.2, 0.25) is 0 Å². The molecule has 0 aliphatic rings. The Bertz CT molecular complexity index is 655. The largest absolute Gasteiger partial charge is 0.462 e. The number of ether oxygens (including phenoxy) is 1. The molecule has 0 spiro atoms. The Kier molecular flexibility index (Phi) is 4.65. The van der Waals surface area contributed by atoms with Gasteiger partial charge in [-0.05, 0) is 37.3 Å². The molecule has 0 aliphatic carbocycles. The van der Waals surface area contributed by atoms with Crippen molar-refractivity contribution >= 4 is 17.5 Å². The second-order valence-electron chi connectivity index (χ2n) is 4.36. The SMILES string of the molecule is CCOC(=O)c1ccc(Nc2cccc(C(F)(F)F)c2)nc1. The van der Waals surface area contributed by atoms with Crippen LogP contribution < -0.4 is 5.32 Å². The Morgan fingerprint density at radius 2 is 2.05 bits per heavy atom. The van der Waals surface area contributed by atoms with Crippen molar-refractivity contribution in [2.45, 2.75) is 13.1 Å². The van der Waals surface area contributed by atoms with Crippen LogP contribution in [0.2, 0.25) is 0 Å². The summed E-state index contributed by atoms with van der Waals surface area (Å²) >= 11 is 0. The van der Waals surface area contributed by atoms with Crippen molar-refractivity contribution in [2.75, 3.05) is 11.9 Å². The number of carbonyl (C=O) groups is 1. The molecule has 1 N–H and O–H groups in total. The summed E-state index contributed by atoms with van der Waals surface area (Å²) in [5.41, 5.74) is -0.219. The summed E-state index contributed by atoms with van der Waals surface area (Å²) < 4.78 is 42.7. The van der Waals surface area contributed by atoms with Gasteiger partial charge in [-0.25, -0.2) is 9.78 Å². The van der Waals surface area contributed by atoms with E-state index in [0.29, 0.717) is 5.82 Å². The number of benzene rings is 1. The molecule has 0 bridgehead atoms. The predicted molar refractivity (Wildman–Crippen MR) is 74.9 cm³/mol. The second kappa shape index (κ2) is 6.46. The van der Waals surface area contributed by atoms with Crippen molar-refractivity contribution in [3.63, 3.8) is 0 Å². The molecule has 1 heterocycles. The fraction of sp³-hybridized carbons (Fsp3) is 0.200. The molecule has 0 saturated heterocycles. The van der Waals surface area contributed by atoms with E-state index in [0.717, 1.165) is 12.1 Å². The first-order valence-electron chi connectivity index (χ1n) is 6.47. The van der Waals surface area contributed by atoms with Crippen LogP contribution in [0.1, 0.15) is 22.8 Å². The Labute approximate surface area is 124 Å². The number of esters is 1. The molecular weight excluding hydrogens is 297 g/mol. The van der Waals surface area contributed by atoms with Crippen molar-refractivity contribution in [3.8, 4) is 0 Å². The van der Waals surface area contributed by atoms with E-state index in [1.165, 1.54) is 30.5 Å². The second-order valence-corrected chi connectivity index (χ2v) is 4.36. The Balaban J connectivity index is 2.13. The number of hydrogen-bond acceptors (Lipinski definition) is 4. The average Bonchev–Trinajstić information content (AvgIpc) is 2.48. The van der Waals surface area contributed by atoms with Crippen LogP contribution in [0.25, 0.3) is 0 Å². The Hall–Kier alpha value is -2.57. The third-order valence-electron chi connectivity index (χ3n) is 2.74. The number of hydrogen-bond donors (Lipinski definition) is 1. The van der Waals surface area contributed by atoms with Gasteiger partial charge in [-0.1, -0.05) is 6.07 Å². The summed E-state index contributed by atoms with van der Waals surface area (Å²) in [6, 6.07) is 7.76. The highest BCUT2D eigenvalue weighted by molar-refractivity contribution is 5.89. The van der Waals surface area contributed by atoms with Gasteiger partial charge in [0.1, 0.15) is 5.82 Å². The molecule has 0 fully saturated rings. The number of rotatable bonds is 4. The summed E-state index contributed by atoms with van der Waals surface area (Å²) in [6.07, 6.45) is -3.10. The van der Waals surface area contributed by atoms with Crippen molar-refractivity contribution in [1.29, 1.82) is 0 Å². The average molecular weight is 310 g/mol. The van der Waals surface area contributed by atoms with Crippen LogP contribution in [0.3, 0.4) is 0 Å². The minimum absolute atomic E-state index is 0.253. The molecule has 2 aromatic rings. The van der Waals surface area contributed by atoms with Crippen molar-refractivity contribution in [1.82, 2.24) is 4.98 Å². The highest BCUT2D eigenvalue weighted by Gasteiger charge is 2.30. The van der Waals surface area contributed by atoms with E-state index in [4.69, 9.17) is 4.74 Å². The van der Waals surface area contributed by atoms with Gasteiger partial charge in [-0.3, -0.25) is 0 Å². The minimum Gasteiger partial charge on any atom is -0.462 e. The smallest absolute Gasteiger partial charge is 0.416 e. The van der Waals surface area contributed by atoms with Crippen LogP contribution in [0.15, 0.2) is 42.6 Å². The van der Waals surface area contributed by atoms with Gasteiger partial charge in [0.05, 0.1) is 17.7 Å². The highest BCUT2D eigenvalue weighted by Crippen LogP contribution is 2.31. The zero-order valence-corrected chi connectivity index (χ0v) is 11.6. The van der Waals surface area contributed by atoms with Gasteiger partial charge in [0.15, 0.2) is 0 Å². The van der Waals surface area contributed by atoms with E-state index in [2.05, 4.69) is 10.3 Å². The first-order valence-corrected chi connectivity index (χ1v) is 6.47. The first-order chi connectivity index (χ1) is 10.4. The maximum atomic E-state index is 12.6. The zero-order valence-electron chi connectivity index (χ0n) is 11.6. The molecule has 4 nitrogen and oxygen atoms in total. The lowest BCUT2D eigenvalue weighted by molar-refractivity contribution is -0.137. The lowest BCUT2D eigenvalue weighted by Crippen LogP contribution is -2.06. The fourth-order valence-corrected chi connectivity index (χ4v) is 1.72. The molecule has 1 aromatic heterocycles. The predicted octanol–water partition coefficient (Wildman–Crippen LogP) is 4.02. The maximum Gasteiger partial charge on any atom is 0.416 e. The molecule has 0 unspecified atom stereocenters. The van der Waals surface area contributed by atoms with Gasteiger partial charge >= 0.3 is 12.1 Å². The number of anilines is 2. The van der Waals surface area contributed by atoms with Gasteiger partial charge in [-0.15, -0.1) is 0 Å². The van der Waals surface area contributed by atoms with Crippen molar-refractivity contribution < 1.29 is 22.7 Å². The number of carbonyl (C=O) groups excluding carboxylic acids is 1. The molecule has 0 saturated carbocycles. The van der Waals surface area contributed by atoms with Crippen LogP contribution in [0.4, 0.5) is 24.7 Å². The summed E-state index contributed by atoms with van der Waals surface area (Å²) in [7, 11) is 0. The number of halogens is 3. The van der Waals surface area contributed by atoms with E-state index in [1.807, 2.05) is 0 Å². The standard InChI is InChI=1S/C15H13F3N2O2/c1-2-22-14(21)10-6-7-13(19-9-10)20-12-5-3-4-11(8-12)15(16,17)18/h3-9H,2H2,1H3,(H,19,20). The lowest BCUT2D eigenvalue weighted by atomic mass is 10.2. The van der Waals surface area contributed by atoms with Gasteiger partial charge in [-0.2, -0.15) is 13.2 Å². The summed E-state index contributed by atoms with van der Waals surface area (Å²) in [5, 5.41) is 2.75. The molecule has 0 aliphatic heterocycles. The lowest BCUT2D eigenvalue weighted by Gasteiger charge is -2.10. The topological polar surface area (TPSA) is 51.2 Å². The summed E-state index contributed by atoms with van der Waals surface area (Å²) in [4.78, 5) is 15.4. The van der Waals surface area contributed by atoms with E-state index in [-0.39, 0.29) is 17.9 Å². The Morgan fingerprint density at radius 3 is 2.64 bits per heavy atom. The minimum atomic E-state index is -4.40. The highest BCUT2D eigenvalue weighted by atomic mass is 19.4. The normalized spacial score (nSPS) is 11.1. The molecule has 0 atom stereocenters. The molecule has 7 heteroatoms. The van der Waals surface area contributed by atoms with Crippen LogP contribution >= 0.6 is 0 Å². The number of nitrogens with one attached hydrogen (secondary N) is 1. The number of nitrogens with zero attached hydrogens (tertiary/aromatic N) is 1. The molecule has 0 radical (unpaired) electrons. The van der Waals surface area contributed by atoms with Crippen LogP contribution in [0.5, 0.6) is 0 Å². The molecule has 1 aromatic carbocycles. The monoisotopic (exact) mass is 310 g/mol. The summed E-state index contributed by atoms with van der Waals surface area (Å²) in [6.45, 7) is 1.94. The number of alkyl halides is 3. The number of pyridine rings is 1. The Morgan fingerprint density at radius 1 is 1.27 bits per heavy atom. The molecule has 22 heavy (non-hydrogen) atoms. The van der Waals surface area contributed by atoms with E-state index in [1.54, 1.807) is 6.92 Å². The van der Waals surface area contributed by atoms with Crippen LogP contribution in [0, 0.1) is 0 Å². The van der Waals surface area contributed by atoms with E-state index in [9.17, 15) is 18.0 Å². The van der Waals surface area contributed by atoms with Gasteiger partial charge in [0.25, 0.3) is 0 Å². The fourth-order valence-electron chi connectivity index (χ4n) is 1.72. The molecule has 2 rings (SSSR count). The van der Waals surface area contributed by atoms with Crippen molar-refractivity contribution in [3.05, 3.63) is 53.7 Å². The summed E-state index contributed by atoms with van der Waals surface area (Å²) in [5.74, 6) is -0.173. The van der Waals surface area contributed by atoms with Gasteiger partial charge < -0.3 is 10.1 Å². The first kappa shape index (κ1) is 15.8. The van der Waals surface area contributed by atoms with Gasteiger partial charge in [0, 0.05) is 11.9 Å². The quantitative estimate of drug-likeness (QED) is 0.867. The molecule has 0 amide bonds.